The normalized spacial score (nSPS) is 10.1. The van der Waals surface area contributed by atoms with E-state index in [9.17, 15) is 9.90 Å². The zero-order chi connectivity index (χ0) is 13.1. The monoisotopic (exact) mass is 242 g/mol. The summed E-state index contributed by atoms with van der Waals surface area (Å²) in [4.78, 5) is 17.7. The highest BCUT2D eigenvalue weighted by Gasteiger charge is 2.17. The number of pyridine rings is 1. The predicted molar refractivity (Wildman–Crippen MR) is 69.8 cm³/mol. The first-order valence-electron chi connectivity index (χ1n) is 5.58. The Morgan fingerprint density at radius 2 is 2.06 bits per heavy atom. The summed E-state index contributed by atoms with van der Waals surface area (Å²) in [5.74, 6) is 0.247. The molecule has 1 aromatic heterocycles. The number of rotatable bonds is 2. The summed E-state index contributed by atoms with van der Waals surface area (Å²) in [7, 11) is 1.63. The van der Waals surface area contributed by atoms with Crippen molar-refractivity contribution in [3.8, 4) is 5.75 Å². The lowest BCUT2D eigenvalue weighted by molar-refractivity contribution is 0.0989. The SMILES string of the molecule is Cc1ccc(C(=O)N(C)c2ccccn2)c(O)c1. The van der Waals surface area contributed by atoms with Crippen molar-refractivity contribution in [3.63, 3.8) is 0 Å². The zero-order valence-electron chi connectivity index (χ0n) is 10.3. The summed E-state index contributed by atoms with van der Waals surface area (Å²) in [6.07, 6.45) is 1.62. The van der Waals surface area contributed by atoms with Gasteiger partial charge in [-0.15, -0.1) is 0 Å². The van der Waals surface area contributed by atoms with Gasteiger partial charge in [-0.05, 0) is 36.8 Å². The van der Waals surface area contributed by atoms with Gasteiger partial charge in [-0.3, -0.25) is 9.69 Å². The van der Waals surface area contributed by atoms with Crippen LogP contribution in [0, 0.1) is 6.92 Å². The lowest BCUT2D eigenvalue weighted by Gasteiger charge is -2.16. The summed E-state index contributed by atoms with van der Waals surface area (Å²) in [5.41, 5.74) is 1.18. The van der Waals surface area contributed by atoms with Crippen molar-refractivity contribution < 1.29 is 9.90 Å². The third-order valence-corrected chi connectivity index (χ3v) is 2.68. The van der Waals surface area contributed by atoms with Crippen molar-refractivity contribution in [1.82, 2.24) is 4.98 Å². The number of amides is 1. The van der Waals surface area contributed by atoms with Crippen molar-refractivity contribution in [1.29, 1.82) is 0 Å². The molecule has 0 aliphatic carbocycles. The van der Waals surface area contributed by atoms with Crippen LogP contribution in [0.15, 0.2) is 42.6 Å². The van der Waals surface area contributed by atoms with E-state index in [1.165, 1.54) is 4.90 Å². The van der Waals surface area contributed by atoms with Crippen molar-refractivity contribution in [2.24, 2.45) is 0 Å². The fourth-order valence-corrected chi connectivity index (χ4v) is 1.66. The minimum atomic E-state index is -0.286. The van der Waals surface area contributed by atoms with Gasteiger partial charge in [0.25, 0.3) is 5.91 Å². The third-order valence-electron chi connectivity index (χ3n) is 2.68. The molecular formula is C14H14N2O2. The fourth-order valence-electron chi connectivity index (χ4n) is 1.66. The van der Waals surface area contributed by atoms with Crippen LogP contribution < -0.4 is 4.90 Å². The number of benzene rings is 1. The van der Waals surface area contributed by atoms with Gasteiger partial charge >= 0.3 is 0 Å². The molecule has 0 spiro atoms. The van der Waals surface area contributed by atoms with Crippen LogP contribution in [0.5, 0.6) is 5.75 Å². The highest BCUT2D eigenvalue weighted by atomic mass is 16.3. The van der Waals surface area contributed by atoms with E-state index in [0.717, 1.165) is 5.56 Å². The minimum Gasteiger partial charge on any atom is -0.507 e. The second kappa shape index (κ2) is 4.87. The Kier molecular flexibility index (Phi) is 3.28. The number of hydrogen-bond donors (Lipinski definition) is 1. The summed E-state index contributed by atoms with van der Waals surface area (Å²) < 4.78 is 0. The number of phenolic OH excluding ortho intramolecular Hbond substituents is 1. The Labute approximate surface area is 106 Å². The molecule has 1 N–H and O–H groups in total. The molecule has 1 aromatic carbocycles. The van der Waals surface area contributed by atoms with Crippen molar-refractivity contribution in [3.05, 3.63) is 53.7 Å². The lowest BCUT2D eigenvalue weighted by Crippen LogP contribution is -2.27. The van der Waals surface area contributed by atoms with Gasteiger partial charge in [-0.25, -0.2) is 4.98 Å². The molecule has 92 valence electrons. The van der Waals surface area contributed by atoms with Crippen molar-refractivity contribution in [2.45, 2.75) is 6.92 Å². The second-order valence-electron chi connectivity index (χ2n) is 4.07. The molecule has 0 saturated heterocycles. The average molecular weight is 242 g/mol. The topological polar surface area (TPSA) is 53.4 Å². The van der Waals surface area contributed by atoms with Gasteiger partial charge in [-0.1, -0.05) is 12.1 Å². The van der Waals surface area contributed by atoms with E-state index in [1.54, 1.807) is 49.6 Å². The number of phenols is 1. The van der Waals surface area contributed by atoms with E-state index in [0.29, 0.717) is 5.82 Å². The first kappa shape index (κ1) is 12.1. The summed E-state index contributed by atoms with van der Waals surface area (Å²) in [5, 5.41) is 9.79. The number of anilines is 1. The number of hydrogen-bond acceptors (Lipinski definition) is 3. The van der Waals surface area contributed by atoms with E-state index >= 15 is 0 Å². The van der Waals surface area contributed by atoms with Crippen LogP contribution >= 0.6 is 0 Å². The maximum atomic E-state index is 12.2. The van der Waals surface area contributed by atoms with Gasteiger partial charge in [0.1, 0.15) is 11.6 Å². The zero-order valence-corrected chi connectivity index (χ0v) is 10.3. The van der Waals surface area contributed by atoms with Gasteiger partial charge in [0.2, 0.25) is 0 Å². The third kappa shape index (κ3) is 2.32. The van der Waals surface area contributed by atoms with Crippen molar-refractivity contribution >= 4 is 11.7 Å². The number of carbonyl (C=O) groups excluding carboxylic acids is 1. The molecule has 18 heavy (non-hydrogen) atoms. The van der Waals surface area contributed by atoms with Gasteiger partial charge < -0.3 is 5.11 Å². The van der Waals surface area contributed by atoms with E-state index in [2.05, 4.69) is 4.98 Å². The number of aromatic nitrogens is 1. The van der Waals surface area contributed by atoms with Crippen LogP contribution in [0.4, 0.5) is 5.82 Å². The van der Waals surface area contributed by atoms with Crippen LogP contribution in [-0.4, -0.2) is 23.0 Å². The minimum absolute atomic E-state index is 0.0113. The molecule has 1 heterocycles. The number of carbonyl (C=O) groups is 1. The Balaban J connectivity index is 2.32. The van der Waals surface area contributed by atoms with Crippen LogP contribution in [-0.2, 0) is 0 Å². The molecule has 4 nitrogen and oxygen atoms in total. The molecule has 0 fully saturated rings. The Morgan fingerprint density at radius 3 is 2.67 bits per heavy atom. The van der Waals surface area contributed by atoms with E-state index in [-0.39, 0.29) is 17.2 Å². The van der Waals surface area contributed by atoms with Gasteiger partial charge in [-0.2, -0.15) is 0 Å². The van der Waals surface area contributed by atoms with E-state index < -0.39 is 0 Å². The first-order chi connectivity index (χ1) is 8.59. The number of nitrogens with zero attached hydrogens (tertiary/aromatic N) is 2. The Hall–Kier alpha value is -2.36. The quantitative estimate of drug-likeness (QED) is 0.879. The standard InChI is InChI=1S/C14H14N2O2/c1-10-6-7-11(12(17)9-10)14(18)16(2)13-5-3-4-8-15-13/h3-9,17H,1-2H3. The molecule has 2 aromatic rings. The molecule has 0 saturated carbocycles. The molecule has 2 rings (SSSR count). The van der Waals surface area contributed by atoms with Crippen LogP contribution in [0.2, 0.25) is 0 Å². The van der Waals surface area contributed by atoms with Crippen LogP contribution in [0.3, 0.4) is 0 Å². The smallest absolute Gasteiger partial charge is 0.262 e. The largest absolute Gasteiger partial charge is 0.507 e. The maximum Gasteiger partial charge on any atom is 0.262 e. The van der Waals surface area contributed by atoms with Gasteiger partial charge in [0.15, 0.2) is 0 Å². The summed E-state index contributed by atoms with van der Waals surface area (Å²) in [6.45, 7) is 1.86. The number of aromatic hydroxyl groups is 1. The molecular weight excluding hydrogens is 228 g/mol. The van der Waals surface area contributed by atoms with E-state index in [1.807, 2.05) is 6.92 Å². The Bertz CT molecular complexity index is 567. The summed E-state index contributed by atoms with van der Waals surface area (Å²) >= 11 is 0. The van der Waals surface area contributed by atoms with Crippen molar-refractivity contribution in [2.75, 3.05) is 11.9 Å². The van der Waals surface area contributed by atoms with Gasteiger partial charge in [0.05, 0.1) is 5.56 Å². The molecule has 1 amide bonds. The molecule has 0 aliphatic rings. The van der Waals surface area contributed by atoms with Gasteiger partial charge in [0, 0.05) is 13.2 Å². The molecule has 0 bridgehead atoms. The molecule has 4 heteroatoms. The van der Waals surface area contributed by atoms with Crippen LogP contribution in [0.25, 0.3) is 0 Å². The second-order valence-corrected chi connectivity index (χ2v) is 4.07. The van der Waals surface area contributed by atoms with E-state index in [4.69, 9.17) is 0 Å². The Morgan fingerprint density at radius 1 is 1.28 bits per heavy atom. The molecule has 0 aliphatic heterocycles. The average Bonchev–Trinajstić information content (AvgIpc) is 2.38. The fraction of sp³-hybridized carbons (Fsp3) is 0.143. The highest BCUT2D eigenvalue weighted by Crippen LogP contribution is 2.21. The number of aryl methyl sites for hydroxylation is 1. The predicted octanol–water partition coefficient (Wildman–Crippen LogP) is 2.37. The van der Waals surface area contributed by atoms with Crippen LogP contribution in [0.1, 0.15) is 15.9 Å². The highest BCUT2D eigenvalue weighted by molar-refractivity contribution is 6.07. The molecule has 0 atom stereocenters. The first-order valence-corrected chi connectivity index (χ1v) is 5.58. The molecule has 0 radical (unpaired) electrons. The summed E-state index contributed by atoms with van der Waals surface area (Å²) in [6, 6.07) is 10.3. The molecule has 0 unspecified atom stereocenters. The maximum absolute atomic E-state index is 12.2. The lowest BCUT2D eigenvalue weighted by atomic mass is 10.1.